The lowest BCUT2D eigenvalue weighted by atomic mass is 10.00. The lowest BCUT2D eigenvalue weighted by molar-refractivity contribution is -0.142. The van der Waals surface area contributed by atoms with Gasteiger partial charge in [0.15, 0.2) is 6.29 Å². The van der Waals surface area contributed by atoms with Crippen LogP contribution in [0.4, 0.5) is 0 Å². The Balaban J connectivity index is 3.97. The third-order valence-electron chi connectivity index (χ3n) is 1.73. The monoisotopic (exact) mass is 147 g/mol. The Morgan fingerprint density at radius 3 is 1.90 bits per heavy atom. The van der Waals surface area contributed by atoms with E-state index in [4.69, 9.17) is 15.2 Å². The molecular weight excluding hydrogens is 130 g/mol. The molecule has 0 aromatic carbocycles. The second-order valence-electron chi connectivity index (χ2n) is 2.66. The number of hydrogen-bond acceptors (Lipinski definition) is 3. The van der Waals surface area contributed by atoms with Crippen molar-refractivity contribution in [2.24, 2.45) is 5.73 Å². The van der Waals surface area contributed by atoms with Gasteiger partial charge in [0.1, 0.15) is 0 Å². The summed E-state index contributed by atoms with van der Waals surface area (Å²) in [5.74, 6) is 0. The SMILES string of the molecule is CCC(C)(N)C(OC)OC. The quantitative estimate of drug-likeness (QED) is 0.596. The van der Waals surface area contributed by atoms with Gasteiger partial charge in [0.05, 0.1) is 5.54 Å². The Hall–Kier alpha value is -0.120. The van der Waals surface area contributed by atoms with E-state index in [1.54, 1.807) is 14.2 Å². The van der Waals surface area contributed by atoms with Crippen LogP contribution in [0, 0.1) is 0 Å². The van der Waals surface area contributed by atoms with Crippen molar-refractivity contribution in [3.8, 4) is 0 Å². The molecule has 0 rings (SSSR count). The number of methoxy groups -OCH3 is 2. The van der Waals surface area contributed by atoms with Crippen molar-refractivity contribution in [2.75, 3.05) is 14.2 Å². The molecule has 0 heterocycles. The molecule has 0 bridgehead atoms. The molecule has 0 aliphatic carbocycles. The summed E-state index contributed by atoms with van der Waals surface area (Å²) in [7, 11) is 3.18. The molecule has 10 heavy (non-hydrogen) atoms. The molecule has 0 saturated carbocycles. The molecular formula is C7H17NO2. The van der Waals surface area contributed by atoms with E-state index in [-0.39, 0.29) is 11.8 Å². The predicted octanol–water partition coefficient (Wildman–Crippen LogP) is 0.733. The first-order valence-electron chi connectivity index (χ1n) is 3.43. The molecule has 0 aliphatic rings. The summed E-state index contributed by atoms with van der Waals surface area (Å²) in [6.07, 6.45) is 0.525. The molecule has 0 radical (unpaired) electrons. The van der Waals surface area contributed by atoms with Crippen molar-refractivity contribution < 1.29 is 9.47 Å². The molecule has 62 valence electrons. The standard InChI is InChI=1S/C7H17NO2/c1-5-7(2,8)6(9-3)10-4/h6H,5,8H2,1-4H3. The minimum Gasteiger partial charge on any atom is -0.354 e. The van der Waals surface area contributed by atoms with Gasteiger partial charge in [0.2, 0.25) is 0 Å². The van der Waals surface area contributed by atoms with Gasteiger partial charge in [-0.25, -0.2) is 0 Å². The van der Waals surface area contributed by atoms with Crippen LogP contribution in [-0.4, -0.2) is 26.0 Å². The minimum absolute atomic E-state index is 0.308. The Kier molecular flexibility index (Phi) is 3.86. The second kappa shape index (κ2) is 3.91. The highest BCUT2D eigenvalue weighted by Gasteiger charge is 2.27. The number of nitrogens with two attached hydrogens (primary N) is 1. The van der Waals surface area contributed by atoms with Gasteiger partial charge in [-0.3, -0.25) is 0 Å². The molecule has 0 aliphatic heterocycles. The summed E-state index contributed by atoms with van der Waals surface area (Å²) in [6.45, 7) is 3.91. The van der Waals surface area contributed by atoms with Gasteiger partial charge in [-0.15, -0.1) is 0 Å². The van der Waals surface area contributed by atoms with Crippen molar-refractivity contribution in [1.29, 1.82) is 0 Å². The summed E-state index contributed by atoms with van der Waals surface area (Å²) in [4.78, 5) is 0. The number of hydrogen-bond donors (Lipinski definition) is 1. The Labute approximate surface area is 62.5 Å². The van der Waals surface area contributed by atoms with Crippen LogP contribution in [0.25, 0.3) is 0 Å². The highest BCUT2D eigenvalue weighted by molar-refractivity contribution is 4.80. The van der Waals surface area contributed by atoms with Crippen LogP contribution in [0.1, 0.15) is 20.3 Å². The van der Waals surface area contributed by atoms with Gasteiger partial charge in [0, 0.05) is 14.2 Å². The van der Waals surface area contributed by atoms with E-state index in [1.165, 1.54) is 0 Å². The summed E-state index contributed by atoms with van der Waals surface area (Å²) in [5, 5.41) is 0. The molecule has 2 N–H and O–H groups in total. The molecule has 3 heteroatoms. The molecule has 1 atom stereocenters. The molecule has 0 amide bonds. The lowest BCUT2D eigenvalue weighted by Crippen LogP contribution is -2.49. The third kappa shape index (κ3) is 2.25. The van der Waals surface area contributed by atoms with Gasteiger partial charge < -0.3 is 15.2 Å². The van der Waals surface area contributed by atoms with E-state index in [0.29, 0.717) is 0 Å². The van der Waals surface area contributed by atoms with Crippen molar-refractivity contribution in [3.63, 3.8) is 0 Å². The maximum Gasteiger partial charge on any atom is 0.174 e. The highest BCUT2D eigenvalue weighted by Crippen LogP contribution is 2.13. The van der Waals surface area contributed by atoms with E-state index in [2.05, 4.69) is 0 Å². The van der Waals surface area contributed by atoms with Gasteiger partial charge in [-0.05, 0) is 13.3 Å². The molecule has 1 unspecified atom stereocenters. The zero-order valence-corrected chi connectivity index (χ0v) is 7.18. The van der Waals surface area contributed by atoms with Crippen LogP contribution >= 0.6 is 0 Å². The average Bonchev–Trinajstić information content (AvgIpc) is 1.90. The van der Waals surface area contributed by atoms with Crippen LogP contribution in [0.2, 0.25) is 0 Å². The fraction of sp³-hybridized carbons (Fsp3) is 1.00. The molecule has 0 fully saturated rings. The summed E-state index contributed by atoms with van der Waals surface area (Å²) < 4.78 is 10.0. The second-order valence-corrected chi connectivity index (χ2v) is 2.66. The smallest absolute Gasteiger partial charge is 0.174 e. The molecule has 0 aromatic heterocycles. The van der Waals surface area contributed by atoms with E-state index in [0.717, 1.165) is 6.42 Å². The summed E-state index contributed by atoms with van der Waals surface area (Å²) in [5.41, 5.74) is 5.45. The maximum absolute atomic E-state index is 5.83. The van der Waals surface area contributed by atoms with Crippen molar-refractivity contribution in [3.05, 3.63) is 0 Å². The molecule has 0 spiro atoms. The van der Waals surface area contributed by atoms with E-state index >= 15 is 0 Å². The normalized spacial score (nSPS) is 17.4. The van der Waals surface area contributed by atoms with Crippen LogP contribution in [0.3, 0.4) is 0 Å². The number of ether oxygens (including phenoxy) is 2. The lowest BCUT2D eigenvalue weighted by Gasteiger charge is -2.30. The molecule has 3 nitrogen and oxygen atoms in total. The fourth-order valence-corrected chi connectivity index (χ4v) is 0.801. The van der Waals surface area contributed by atoms with Gasteiger partial charge in [-0.2, -0.15) is 0 Å². The van der Waals surface area contributed by atoms with Crippen LogP contribution in [-0.2, 0) is 9.47 Å². The maximum atomic E-state index is 5.83. The minimum atomic E-state index is -0.385. The Bertz CT molecular complexity index is 89.6. The first-order valence-corrected chi connectivity index (χ1v) is 3.43. The zero-order chi connectivity index (χ0) is 8.20. The predicted molar refractivity (Wildman–Crippen MR) is 40.7 cm³/mol. The van der Waals surface area contributed by atoms with Crippen molar-refractivity contribution >= 4 is 0 Å². The molecule has 0 aromatic rings. The number of rotatable bonds is 4. The van der Waals surface area contributed by atoms with E-state index < -0.39 is 0 Å². The summed E-state index contributed by atoms with van der Waals surface area (Å²) in [6, 6.07) is 0. The Morgan fingerprint density at radius 2 is 1.80 bits per heavy atom. The summed E-state index contributed by atoms with van der Waals surface area (Å²) >= 11 is 0. The van der Waals surface area contributed by atoms with E-state index in [1.807, 2.05) is 13.8 Å². The van der Waals surface area contributed by atoms with Crippen LogP contribution in [0.15, 0.2) is 0 Å². The third-order valence-corrected chi connectivity index (χ3v) is 1.73. The van der Waals surface area contributed by atoms with Crippen molar-refractivity contribution in [1.82, 2.24) is 0 Å². The van der Waals surface area contributed by atoms with Crippen LogP contribution in [0.5, 0.6) is 0 Å². The Morgan fingerprint density at radius 1 is 1.40 bits per heavy atom. The highest BCUT2D eigenvalue weighted by atomic mass is 16.7. The first-order chi connectivity index (χ1) is 4.58. The van der Waals surface area contributed by atoms with Gasteiger partial charge in [0.25, 0.3) is 0 Å². The van der Waals surface area contributed by atoms with Crippen LogP contribution < -0.4 is 5.73 Å². The van der Waals surface area contributed by atoms with Crippen molar-refractivity contribution in [2.45, 2.75) is 32.1 Å². The zero-order valence-electron chi connectivity index (χ0n) is 7.18. The van der Waals surface area contributed by atoms with E-state index in [9.17, 15) is 0 Å². The first kappa shape index (κ1) is 9.88. The van der Waals surface area contributed by atoms with Gasteiger partial charge >= 0.3 is 0 Å². The van der Waals surface area contributed by atoms with Gasteiger partial charge in [-0.1, -0.05) is 6.92 Å². The molecule has 0 saturated heterocycles. The fourth-order valence-electron chi connectivity index (χ4n) is 0.801. The largest absolute Gasteiger partial charge is 0.354 e. The topological polar surface area (TPSA) is 44.5 Å². The average molecular weight is 147 g/mol.